The van der Waals surface area contributed by atoms with E-state index in [1.165, 1.54) is 17.9 Å². The fourth-order valence-electron chi connectivity index (χ4n) is 3.33. The maximum Gasteiger partial charge on any atom is 0.252 e. The summed E-state index contributed by atoms with van der Waals surface area (Å²) in [5.41, 5.74) is 4.00. The maximum absolute atomic E-state index is 12.5. The van der Waals surface area contributed by atoms with Gasteiger partial charge in [-0.1, -0.05) is 30.3 Å². The lowest BCUT2D eigenvalue weighted by atomic mass is 10.0. The molecule has 2 heterocycles. The average molecular weight is 357 g/mol. The number of ketones is 1. The summed E-state index contributed by atoms with van der Waals surface area (Å²) in [6, 6.07) is 15.2. The second-order valence-corrected chi connectivity index (χ2v) is 6.52. The third kappa shape index (κ3) is 3.31. The minimum Gasteiger partial charge on any atom is -0.361 e. The molecule has 0 aliphatic heterocycles. The molecule has 0 atom stereocenters. The van der Waals surface area contributed by atoms with Crippen molar-refractivity contribution in [2.24, 2.45) is 0 Å². The molecule has 0 spiro atoms. The highest BCUT2D eigenvalue weighted by Crippen LogP contribution is 2.20. The number of pyridine rings is 1. The van der Waals surface area contributed by atoms with E-state index in [9.17, 15) is 9.59 Å². The predicted octanol–water partition coefficient (Wildman–Crippen LogP) is 3.89. The van der Waals surface area contributed by atoms with E-state index in [1.807, 2.05) is 30.5 Å². The topological polar surface area (TPSA) is 74.8 Å². The van der Waals surface area contributed by atoms with Crippen molar-refractivity contribution >= 4 is 33.5 Å². The zero-order chi connectivity index (χ0) is 18.8. The van der Waals surface area contributed by atoms with Crippen molar-refractivity contribution < 1.29 is 9.59 Å². The summed E-state index contributed by atoms with van der Waals surface area (Å²) in [6.45, 7) is 2.04. The first-order valence-electron chi connectivity index (χ1n) is 8.86. The molecule has 0 unspecified atom stereocenters. The van der Waals surface area contributed by atoms with Crippen molar-refractivity contribution in [1.29, 1.82) is 0 Å². The number of para-hydroxylation sites is 1. The Labute approximate surface area is 156 Å². The Morgan fingerprint density at radius 3 is 2.78 bits per heavy atom. The van der Waals surface area contributed by atoms with Crippen LogP contribution in [0.2, 0.25) is 0 Å². The first-order chi connectivity index (χ1) is 13.1. The van der Waals surface area contributed by atoms with Crippen molar-refractivity contribution in [3.05, 3.63) is 77.6 Å². The van der Waals surface area contributed by atoms with Gasteiger partial charge in [-0.15, -0.1) is 0 Å². The quantitative estimate of drug-likeness (QED) is 0.532. The zero-order valence-corrected chi connectivity index (χ0v) is 15.0. The number of amides is 1. The number of carbonyl (C=O) groups excluding carboxylic acids is 2. The molecule has 1 amide bonds. The van der Waals surface area contributed by atoms with Gasteiger partial charge in [0.1, 0.15) is 0 Å². The Balaban J connectivity index is 1.49. The van der Waals surface area contributed by atoms with Crippen LogP contribution in [0.3, 0.4) is 0 Å². The second-order valence-electron chi connectivity index (χ2n) is 6.52. The standard InChI is InChI=1S/C22H19N3O2/c1-14(26)17-6-4-8-21-19(17)11-16(13-25-21)22(27)23-10-9-15-12-24-20-7-3-2-5-18(15)20/h2-8,11-13,24H,9-10H2,1H3,(H,23,27). The number of hydrogen-bond donors (Lipinski definition) is 2. The number of nitrogens with zero attached hydrogens (tertiary/aromatic N) is 1. The molecule has 2 aromatic carbocycles. The fraction of sp³-hybridized carbons (Fsp3) is 0.136. The molecule has 4 aromatic rings. The van der Waals surface area contributed by atoms with Gasteiger partial charge < -0.3 is 10.3 Å². The fourth-order valence-corrected chi connectivity index (χ4v) is 3.33. The molecule has 0 aliphatic carbocycles. The molecule has 0 saturated heterocycles. The van der Waals surface area contributed by atoms with Crippen molar-refractivity contribution in [2.45, 2.75) is 13.3 Å². The maximum atomic E-state index is 12.5. The highest BCUT2D eigenvalue weighted by molar-refractivity contribution is 6.08. The summed E-state index contributed by atoms with van der Waals surface area (Å²) < 4.78 is 0. The van der Waals surface area contributed by atoms with E-state index in [0.29, 0.717) is 28.6 Å². The molecule has 27 heavy (non-hydrogen) atoms. The molecule has 5 heteroatoms. The van der Waals surface area contributed by atoms with Crippen LogP contribution in [0.5, 0.6) is 0 Å². The van der Waals surface area contributed by atoms with Crippen LogP contribution in [0.4, 0.5) is 0 Å². The monoisotopic (exact) mass is 357 g/mol. The number of aromatic amines is 1. The molecule has 0 saturated carbocycles. The molecular weight excluding hydrogens is 338 g/mol. The number of Topliss-reactive ketones (excluding diaryl/α,β-unsaturated/α-hetero) is 1. The van der Waals surface area contributed by atoms with Crippen LogP contribution in [0.25, 0.3) is 21.8 Å². The van der Waals surface area contributed by atoms with Gasteiger partial charge in [-0.3, -0.25) is 14.6 Å². The van der Waals surface area contributed by atoms with E-state index in [0.717, 1.165) is 11.9 Å². The van der Waals surface area contributed by atoms with E-state index in [4.69, 9.17) is 0 Å². The van der Waals surface area contributed by atoms with Crippen molar-refractivity contribution in [2.75, 3.05) is 6.54 Å². The largest absolute Gasteiger partial charge is 0.361 e. The zero-order valence-electron chi connectivity index (χ0n) is 15.0. The molecule has 5 nitrogen and oxygen atoms in total. The first kappa shape index (κ1) is 17.0. The molecule has 2 N–H and O–H groups in total. The number of nitrogens with one attached hydrogen (secondary N) is 2. The Morgan fingerprint density at radius 2 is 1.93 bits per heavy atom. The summed E-state index contributed by atoms with van der Waals surface area (Å²) in [5.74, 6) is -0.234. The molecule has 4 rings (SSSR count). The lowest BCUT2D eigenvalue weighted by Gasteiger charge is -2.07. The second kappa shape index (κ2) is 7.03. The van der Waals surface area contributed by atoms with Gasteiger partial charge in [0.25, 0.3) is 5.91 Å². The SMILES string of the molecule is CC(=O)c1cccc2ncc(C(=O)NCCc3c[nH]c4ccccc34)cc12. The number of aromatic nitrogens is 2. The van der Waals surface area contributed by atoms with Gasteiger partial charge in [0.05, 0.1) is 11.1 Å². The molecule has 0 aliphatic rings. The Bertz CT molecular complexity index is 1160. The minimum absolute atomic E-state index is 0.0423. The van der Waals surface area contributed by atoms with E-state index in [2.05, 4.69) is 21.4 Å². The lowest BCUT2D eigenvalue weighted by Crippen LogP contribution is -2.25. The summed E-state index contributed by atoms with van der Waals surface area (Å²) in [6.07, 6.45) is 4.26. The van der Waals surface area contributed by atoms with Crippen LogP contribution < -0.4 is 5.32 Å². The van der Waals surface area contributed by atoms with Gasteiger partial charge in [-0.05, 0) is 37.1 Å². The summed E-state index contributed by atoms with van der Waals surface area (Å²) in [7, 11) is 0. The Hall–Kier alpha value is -3.47. The molecule has 2 aromatic heterocycles. The van der Waals surface area contributed by atoms with Gasteiger partial charge in [0.2, 0.25) is 0 Å². The number of H-pyrrole nitrogens is 1. The van der Waals surface area contributed by atoms with Crippen LogP contribution in [0, 0.1) is 0 Å². The third-order valence-electron chi connectivity index (χ3n) is 4.72. The van der Waals surface area contributed by atoms with Crippen molar-refractivity contribution in [3.8, 4) is 0 Å². The summed E-state index contributed by atoms with van der Waals surface area (Å²) in [4.78, 5) is 31.9. The first-order valence-corrected chi connectivity index (χ1v) is 8.86. The van der Waals surface area contributed by atoms with E-state index in [1.54, 1.807) is 24.4 Å². The molecule has 134 valence electrons. The Morgan fingerprint density at radius 1 is 1.07 bits per heavy atom. The van der Waals surface area contributed by atoms with Gasteiger partial charge in [0, 0.05) is 40.8 Å². The smallest absolute Gasteiger partial charge is 0.252 e. The third-order valence-corrected chi connectivity index (χ3v) is 4.72. The predicted molar refractivity (Wildman–Crippen MR) is 106 cm³/mol. The van der Waals surface area contributed by atoms with Crippen LogP contribution in [0.1, 0.15) is 33.2 Å². The lowest BCUT2D eigenvalue weighted by molar-refractivity contribution is 0.0952. The molecule has 0 bridgehead atoms. The van der Waals surface area contributed by atoms with Gasteiger partial charge in [-0.25, -0.2) is 0 Å². The van der Waals surface area contributed by atoms with Crippen LogP contribution in [0.15, 0.2) is 60.9 Å². The highest BCUT2D eigenvalue weighted by atomic mass is 16.1. The number of rotatable bonds is 5. The number of hydrogen-bond acceptors (Lipinski definition) is 3. The van der Waals surface area contributed by atoms with E-state index >= 15 is 0 Å². The van der Waals surface area contributed by atoms with E-state index < -0.39 is 0 Å². The normalized spacial score (nSPS) is 11.0. The van der Waals surface area contributed by atoms with Crippen molar-refractivity contribution in [1.82, 2.24) is 15.3 Å². The van der Waals surface area contributed by atoms with E-state index in [-0.39, 0.29) is 11.7 Å². The number of carbonyl (C=O) groups is 2. The molecular formula is C22H19N3O2. The van der Waals surface area contributed by atoms with Crippen LogP contribution in [-0.4, -0.2) is 28.2 Å². The Kier molecular flexibility index (Phi) is 4.42. The number of fused-ring (bicyclic) bond motifs is 2. The van der Waals surface area contributed by atoms with Gasteiger partial charge in [-0.2, -0.15) is 0 Å². The molecule has 0 fully saturated rings. The summed E-state index contributed by atoms with van der Waals surface area (Å²) >= 11 is 0. The molecule has 0 radical (unpaired) electrons. The van der Waals surface area contributed by atoms with Crippen LogP contribution in [-0.2, 0) is 6.42 Å². The minimum atomic E-state index is -0.192. The van der Waals surface area contributed by atoms with Crippen LogP contribution >= 0.6 is 0 Å². The average Bonchev–Trinajstić information content (AvgIpc) is 3.10. The summed E-state index contributed by atoms with van der Waals surface area (Å²) in [5, 5.41) is 4.81. The number of benzene rings is 2. The van der Waals surface area contributed by atoms with Crippen molar-refractivity contribution in [3.63, 3.8) is 0 Å². The highest BCUT2D eigenvalue weighted by Gasteiger charge is 2.11. The van der Waals surface area contributed by atoms with Gasteiger partial charge >= 0.3 is 0 Å². The van der Waals surface area contributed by atoms with Gasteiger partial charge in [0.15, 0.2) is 5.78 Å².